The number of carbonyl (C=O) groups is 1. The Kier molecular flexibility index (Phi) is 5.59. The third kappa shape index (κ3) is 4.07. The monoisotopic (exact) mass is 296 g/mol. The predicted octanol–water partition coefficient (Wildman–Crippen LogP) is 3.58. The lowest BCUT2D eigenvalue weighted by molar-refractivity contribution is -0.136. The number of ether oxygens (including phenoxy) is 2. The molecule has 0 saturated heterocycles. The van der Waals surface area contributed by atoms with Gasteiger partial charge in [0, 0.05) is 11.3 Å². The van der Waals surface area contributed by atoms with Crippen LogP contribution in [0.2, 0.25) is 0 Å². The zero-order valence-corrected chi connectivity index (χ0v) is 12.4. The van der Waals surface area contributed by atoms with E-state index in [1.165, 1.54) is 11.8 Å². The first kappa shape index (κ1) is 15.0. The van der Waals surface area contributed by atoms with Crippen molar-refractivity contribution in [3.8, 4) is 11.5 Å². The second-order valence-corrected chi connectivity index (χ2v) is 6.02. The van der Waals surface area contributed by atoms with Crippen LogP contribution in [0.3, 0.4) is 0 Å². The normalized spacial score (nSPS) is 15.4. The van der Waals surface area contributed by atoms with Gasteiger partial charge in [-0.15, -0.1) is 11.8 Å². The van der Waals surface area contributed by atoms with Gasteiger partial charge in [0.15, 0.2) is 11.5 Å². The fourth-order valence-corrected chi connectivity index (χ4v) is 3.04. The largest absolute Gasteiger partial charge is 0.490 e. The van der Waals surface area contributed by atoms with E-state index >= 15 is 0 Å². The molecule has 0 fully saturated rings. The molecule has 0 spiro atoms. The van der Waals surface area contributed by atoms with E-state index in [-0.39, 0.29) is 0 Å². The fraction of sp³-hybridized carbons (Fsp3) is 0.533. The van der Waals surface area contributed by atoms with Crippen LogP contribution >= 0.6 is 11.8 Å². The molecule has 5 heteroatoms. The molecule has 0 amide bonds. The van der Waals surface area contributed by atoms with Gasteiger partial charge in [-0.25, -0.2) is 0 Å². The maximum absolute atomic E-state index is 11.3. The van der Waals surface area contributed by atoms with E-state index < -0.39 is 11.2 Å². The summed E-state index contributed by atoms with van der Waals surface area (Å²) in [6.45, 7) is 3.37. The molecule has 1 unspecified atom stereocenters. The number of carboxylic acids is 1. The van der Waals surface area contributed by atoms with E-state index in [0.29, 0.717) is 25.4 Å². The quantitative estimate of drug-likeness (QED) is 0.813. The number of hydrogen-bond acceptors (Lipinski definition) is 4. The fourth-order valence-electron chi connectivity index (χ4n) is 2.00. The van der Waals surface area contributed by atoms with Crippen molar-refractivity contribution < 1.29 is 19.4 Å². The minimum atomic E-state index is -0.754. The Morgan fingerprint density at radius 1 is 1.35 bits per heavy atom. The van der Waals surface area contributed by atoms with E-state index in [1.54, 1.807) is 0 Å². The van der Waals surface area contributed by atoms with Crippen molar-refractivity contribution in [1.29, 1.82) is 0 Å². The second kappa shape index (κ2) is 7.43. The molecule has 110 valence electrons. The smallest absolute Gasteiger partial charge is 0.316 e. The average molecular weight is 296 g/mol. The van der Waals surface area contributed by atoms with Gasteiger partial charge in [0.2, 0.25) is 0 Å². The van der Waals surface area contributed by atoms with Gasteiger partial charge in [-0.2, -0.15) is 0 Å². The minimum absolute atomic E-state index is 0.403. The summed E-state index contributed by atoms with van der Waals surface area (Å²) in [7, 11) is 0. The number of rotatable bonds is 6. The highest BCUT2D eigenvalue weighted by Gasteiger charge is 2.19. The molecule has 1 heterocycles. The number of fused-ring (bicyclic) bond motifs is 1. The molecule has 0 radical (unpaired) electrons. The van der Waals surface area contributed by atoms with E-state index in [0.717, 1.165) is 29.9 Å². The summed E-state index contributed by atoms with van der Waals surface area (Å²) in [6, 6.07) is 5.65. The molecule has 1 atom stereocenters. The molecular weight excluding hydrogens is 276 g/mol. The number of hydrogen-bond donors (Lipinski definition) is 1. The van der Waals surface area contributed by atoms with Crippen LogP contribution in [-0.4, -0.2) is 29.5 Å². The molecule has 2 rings (SSSR count). The van der Waals surface area contributed by atoms with Crippen LogP contribution in [0.4, 0.5) is 0 Å². The lowest BCUT2D eigenvalue weighted by Crippen LogP contribution is -2.15. The molecule has 1 N–H and O–H groups in total. The summed E-state index contributed by atoms with van der Waals surface area (Å²) < 4.78 is 11.2. The van der Waals surface area contributed by atoms with Crippen LogP contribution in [0.15, 0.2) is 23.1 Å². The Balaban J connectivity index is 2.08. The Labute approximate surface area is 123 Å². The van der Waals surface area contributed by atoms with Crippen LogP contribution in [0.5, 0.6) is 11.5 Å². The standard InChI is InChI=1S/C15H20O4S/c1-2-3-5-14(15(16)17)20-11-6-7-12-13(10-11)19-9-4-8-18-12/h6-7,10,14H,2-5,8-9H2,1H3,(H,16,17). The average Bonchev–Trinajstić information content (AvgIpc) is 2.67. The summed E-state index contributed by atoms with van der Waals surface area (Å²) in [5.74, 6) is 0.704. The summed E-state index contributed by atoms with van der Waals surface area (Å²) >= 11 is 1.38. The first-order chi connectivity index (χ1) is 9.70. The van der Waals surface area contributed by atoms with Gasteiger partial charge >= 0.3 is 5.97 Å². The minimum Gasteiger partial charge on any atom is -0.490 e. The van der Waals surface area contributed by atoms with Crippen LogP contribution in [-0.2, 0) is 4.79 Å². The molecule has 1 aromatic rings. The van der Waals surface area contributed by atoms with Crippen molar-refractivity contribution >= 4 is 17.7 Å². The lowest BCUT2D eigenvalue weighted by atomic mass is 10.2. The lowest BCUT2D eigenvalue weighted by Gasteiger charge is -2.13. The summed E-state index contributed by atoms with van der Waals surface area (Å²) in [6.07, 6.45) is 3.48. The molecule has 1 aliphatic rings. The first-order valence-electron chi connectivity index (χ1n) is 7.00. The van der Waals surface area contributed by atoms with E-state index in [9.17, 15) is 9.90 Å². The molecule has 0 aromatic heterocycles. The number of carboxylic acid groups (broad SMARTS) is 1. The van der Waals surface area contributed by atoms with Gasteiger partial charge in [0.05, 0.1) is 13.2 Å². The number of benzene rings is 1. The molecule has 4 nitrogen and oxygen atoms in total. The van der Waals surface area contributed by atoms with E-state index in [2.05, 4.69) is 6.92 Å². The van der Waals surface area contributed by atoms with Crippen molar-refractivity contribution in [3.05, 3.63) is 18.2 Å². The zero-order chi connectivity index (χ0) is 14.4. The van der Waals surface area contributed by atoms with Crippen molar-refractivity contribution in [2.24, 2.45) is 0 Å². The van der Waals surface area contributed by atoms with Crippen LogP contribution in [0.1, 0.15) is 32.6 Å². The predicted molar refractivity (Wildman–Crippen MR) is 78.9 cm³/mol. The molecule has 1 aromatic carbocycles. The van der Waals surface area contributed by atoms with E-state index in [4.69, 9.17) is 9.47 Å². The Morgan fingerprint density at radius 2 is 2.10 bits per heavy atom. The van der Waals surface area contributed by atoms with E-state index in [1.807, 2.05) is 18.2 Å². The van der Waals surface area contributed by atoms with Gasteiger partial charge in [-0.1, -0.05) is 19.8 Å². The Hall–Kier alpha value is -1.36. The van der Waals surface area contributed by atoms with Crippen LogP contribution < -0.4 is 9.47 Å². The number of unbranched alkanes of at least 4 members (excludes halogenated alkanes) is 1. The molecule has 0 saturated carbocycles. The van der Waals surface area contributed by atoms with Gasteiger partial charge in [0.25, 0.3) is 0 Å². The maximum Gasteiger partial charge on any atom is 0.316 e. The van der Waals surface area contributed by atoms with Crippen molar-refractivity contribution in [2.75, 3.05) is 13.2 Å². The van der Waals surface area contributed by atoms with Crippen molar-refractivity contribution in [2.45, 2.75) is 42.8 Å². The van der Waals surface area contributed by atoms with Gasteiger partial charge in [-0.3, -0.25) is 4.79 Å². The van der Waals surface area contributed by atoms with Crippen LogP contribution in [0.25, 0.3) is 0 Å². The van der Waals surface area contributed by atoms with Gasteiger partial charge < -0.3 is 14.6 Å². The number of thioether (sulfide) groups is 1. The maximum atomic E-state index is 11.3. The zero-order valence-electron chi connectivity index (χ0n) is 11.6. The summed E-state index contributed by atoms with van der Waals surface area (Å²) in [5, 5.41) is 8.86. The third-order valence-corrected chi connectivity index (χ3v) is 4.34. The van der Waals surface area contributed by atoms with Gasteiger partial charge in [-0.05, 0) is 24.6 Å². The SMILES string of the molecule is CCCCC(Sc1ccc2c(c1)OCCCO2)C(=O)O. The summed E-state index contributed by atoms with van der Waals surface area (Å²) in [5.41, 5.74) is 0. The molecule has 0 aliphatic carbocycles. The highest BCUT2D eigenvalue weighted by Crippen LogP contribution is 2.36. The second-order valence-electron chi connectivity index (χ2n) is 4.75. The first-order valence-corrected chi connectivity index (χ1v) is 7.87. The highest BCUT2D eigenvalue weighted by atomic mass is 32.2. The topological polar surface area (TPSA) is 55.8 Å². The molecule has 20 heavy (non-hydrogen) atoms. The Bertz CT molecular complexity index is 461. The summed E-state index contributed by atoms with van der Waals surface area (Å²) in [4.78, 5) is 12.2. The molecule has 0 bridgehead atoms. The molecule has 1 aliphatic heterocycles. The third-order valence-electron chi connectivity index (χ3n) is 3.09. The molecular formula is C15H20O4S. The van der Waals surface area contributed by atoms with Crippen molar-refractivity contribution in [3.63, 3.8) is 0 Å². The van der Waals surface area contributed by atoms with Gasteiger partial charge in [0.1, 0.15) is 5.25 Å². The number of aliphatic carboxylic acids is 1. The van der Waals surface area contributed by atoms with Crippen LogP contribution in [0, 0.1) is 0 Å². The highest BCUT2D eigenvalue weighted by molar-refractivity contribution is 8.00. The van der Waals surface area contributed by atoms with Crippen molar-refractivity contribution in [1.82, 2.24) is 0 Å². The Morgan fingerprint density at radius 3 is 2.80 bits per heavy atom.